The second-order valence-electron chi connectivity index (χ2n) is 4.25. The first-order valence-corrected chi connectivity index (χ1v) is 6.23. The van der Waals surface area contributed by atoms with Crippen molar-refractivity contribution in [2.24, 2.45) is 0 Å². The van der Waals surface area contributed by atoms with Crippen LogP contribution in [0.4, 0.5) is 30.5 Å². The van der Waals surface area contributed by atoms with E-state index in [2.05, 4.69) is 10.3 Å². The molecule has 0 unspecified atom stereocenters. The number of hydrogen-bond acceptors (Lipinski definition) is 4. The summed E-state index contributed by atoms with van der Waals surface area (Å²) in [6.07, 6.45) is -4.47. The number of alkyl halides is 3. The molecule has 2 rings (SSSR count). The van der Waals surface area contributed by atoms with Gasteiger partial charge in [0, 0.05) is 5.69 Å². The number of rotatable bonds is 4. The van der Waals surface area contributed by atoms with Crippen LogP contribution in [0.5, 0.6) is 5.75 Å². The number of nitrogens with two attached hydrogens (primary N) is 1. The van der Waals surface area contributed by atoms with E-state index in [1.807, 2.05) is 6.92 Å². The van der Waals surface area contributed by atoms with Crippen LogP contribution in [0.2, 0.25) is 0 Å². The largest absolute Gasteiger partial charge is 0.494 e. The molecule has 0 fully saturated rings. The number of anilines is 3. The molecule has 0 amide bonds. The van der Waals surface area contributed by atoms with E-state index in [0.29, 0.717) is 18.0 Å². The molecule has 0 radical (unpaired) electrons. The fourth-order valence-corrected chi connectivity index (χ4v) is 1.73. The van der Waals surface area contributed by atoms with Crippen molar-refractivity contribution < 1.29 is 17.9 Å². The van der Waals surface area contributed by atoms with E-state index in [1.54, 1.807) is 24.3 Å². The Morgan fingerprint density at radius 3 is 2.43 bits per heavy atom. The fourth-order valence-electron chi connectivity index (χ4n) is 1.73. The van der Waals surface area contributed by atoms with Crippen LogP contribution >= 0.6 is 0 Å². The Kier molecular flexibility index (Phi) is 4.21. The molecule has 0 bridgehead atoms. The first-order valence-electron chi connectivity index (χ1n) is 6.23. The van der Waals surface area contributed by atoms with Crippen LogP contribution in [0.15, 0.2) is 36.4 Å². The minimum atomic E-state index is -4.47. The molecule has 2 aromatic rings. The molecule has 112 valence electrons. The van der Waals surface area contributed by atoms with Gasteiger partial charge in [0.1, 0.15) is 17.4 Å². The van der Waals surface area contributed by atoms with Gasteiger partial charge < -0.3 is 15.8 Å². The van der Waals surface area contributed by atoms with Crippen LogP contribution in [-0.2, 0) is 6.18 Å². The zero-order valence-electron chi connectivity index (χ0n) is 11.2. The second-order valence-corrected chi connectivity index (χ2v) is 4.25. The third kappa shape index (κ3) is 4.01. The Labute approximate surface area is 119 Å². The normalized spacial score (nSPS) is 11.2. The van der Waals surface area contributed by atoms with Gasteiger partial charge in [-0.2, -0.15) is 13.2 Å². The van der Waals surface area contributed by atoms with Gasteiger partial charge in [-0.15, -0.1) is 0 Å². The molecule has 0 aliphatic heterocycles. The molecule has 21 heavy (non-hydrogen) atoms. The molecular formula is C14H14F3N3O. The van der Waals surface area contributed by atoms with Crippen LogP contribution in [0.3, 0.4) is 0 Å². The lowest BCUT2D eigenvalue weighted by molar-refractivity contribution is -0.137. The van der Waals surface area contributed by atoms with Gasteiger partial charge in [0.25, 0.3) is 0 Å². The molecule has 0 aliphatic carbocycles. The summed E-state index contributed by atoms with van der Waals surface area (Å²) < 4.78 is 43.4. The number of aromatic nitrogens is 1. The molecule has 0 saturated carbocycles. The van der Waals surface area contributed by atoms with Gasteiger partial charge >= 0.3 is 6.18 Å². The SMILES string of the molecule is CCOc1ccc(Nc2cc(C(F)(F)F)cc(N)n2)cc1. The molecular weight excluding hydrogens is 283 g/mol. The first-order chi connectivity index (χ1) is 9.88. The smallest absolute Gasteiger partial charge is 0.416 e. The molecule has 0 aliphatic rings. The van der Waals surface area contributed by atoms with Crippen LogP contribution in [0, 0.1) is 0 Å². The van der Waals surface area contributed by atoms with E-state index < -0.39 is 11.7 Å². The topological polar surface area (TPSA) is 60.2 Å². The average molecular weight is 297 g/mol. The third-order valence-electron chi connectivity index (χ3n) is 2.61. The maximum absolute atomic E-state index is 12.7. The summed E-state index contributed by atoms with van der Waals surface area (Å²) in [7, 11) is 0. The highest BCUT2D eigenvalue weighted by molar-refractivity contribution is 5.59. The minimum absolute atomic E-state index is 0.0338. The first kappa shape index (κ1) is 15.0. The average Bonchev–Trinajstić information content (AvgIpc) is 2.40. The highest BCUT2D eigenvalue weighted by Gasteiger charge is 2.31. The molecule has 3 N–H and O–H groups in total. The number of nitrogens with one attached hydrogen (secondary N) is 1. The Hall–Kier alpha value is -2.44. The lowest BCUT2D eigenvalue weighted by Gasteiger charge is -2.11. The predicted octanol–water partition coefficient (Wildman–Crippen LogP) is 3.82. The number of hydrogen-bond donors (Lipinski definition) is 2. The Bertz CT molecular complexity index is 612. The minimum Gasteiger partial charge on any atom is -0.494 e. The Balaban J connectivity index is 2.21. The summed E-state index contributed by atoms with van der Waals surface area (Å²) in [5, 5.41) is 2.78. The molecule has 1 aromatic carbocycles. The molecule has 4 nitrogen and oxygen atoms in total. The van der Waals surface area contributed by atoms with Crippen molar-refractivity contribution in [3.8, 4) is 5.75 Å². The molecule has 1 heterocycles. The Morgan fingerprint density at radius 1 is 1.19 bits per heavy atom. The molecule has 7 heteroatoms. The highest BCUT2D eigenvalue weighted by atomic mass is 19.4. The summed E-state index contributed by atoms with van der Waals surface area (Å²) in [4.78, 5) is 3.84. The van der Waals surface area contributed by atoms with Crippen molar-refractivity contribution in [2.45, 2.75) is 13.1 Å². The maximum Gasteiger partial charge on any atom is 0.416 e. The summed E-state index contributed by atoms with van der Waals surface area (Å²) in [6, 6.07) is 8.49. The number of benzene rings is 1. The maximum atomic E-state index is 12.7. The van der Waals surface area contributed by atoms with Gasteiger partial charge in [-0.05, 0) is 43.3 Å². The molecule has 0 saturated heterocycles. The van der Waals surface area contributed by atoms with Crippen molar-refractivity contribution in [2.75, 3.05) is 17.7 Å². The van der Waals surface area contributed by atoms with E-state index in [1.165, 1.54) is 0 Å². The van der Waals surface area contributed by atoms with Crippen LogP contribution in [0.1, 0.15) is 12.5 Å². The number of nitrogen functional groups attached to an aromatic ring is 1. The molecule has 0 spiro atoms. The van der Waals surface area contributed by atoms with Gasteiger partial charge in [-0.1, -0.05) is 0 Å². The van der Waals surface area contributed by atoms with Crippen molar-refractivity contribution in [3.63, 3.8) is 0 Å². The highest BCUT2D eigenvalue weighted by Crippen LogP contribution is 2.32. The fraction of sp³-hybridized carbons (Fsp3) is 0.214. The predicted molar refractivity (Wildman–Crippen MR) is 74.5 cm³/mol. The van der Waals surface area contributed by atoms with Gasteiger partial charge in [0.2, 0.25) is 0 Å². The number of halogens is 3. The van der Waals surface area contributed by atoms with Crippen molar-refractivity contribution in [1.82, 2.24) is 4.98 Å². The van der Waals surface area contributed by atoms with Crippen molar-refractivity contribution in [3.05, 3.63) is 42.0 Å². The standard InChI is InChI=1S/C14H14F3N3O/c1-2-21-11-5-3-10(4-6-11)19-13-8-9(14(15,16)17)7-12(18)20-13/h3-8H,2H2,1H3,(H3,18,19,20). The lowest BCUT2D eigenvalue weighted by Crippen LogP contribution is -2.08. The van der Waals surface area contributed by atoms with E-state index in [4.69, 9.17) is 10.5 Å². The Morgan fingerprint density at radius 2 is 1.86 bits per heavy atom. The molecule has 0 atom stereocenters. The molecule has 1 aromatic heterocycles. The van der Waals surface area contributed by atoms with Crippen molar-refractivity contribution in [1.29, 1.82) is 0 Å². The lowest BCUT2D eigenvalue weighted by atomic mass is 10.2. The van der Waals surface area contributed by atoms with E-state index in [0.717, 1.165) is 12.1 Å². The quantitative estimate of drug-likeness (QED) is 0.900. The summed E-state index contributed by atoms with van der Waals surface area (Å²) in [6.45, 7) is 2.40. The number of nitrogens with zero attached hydrogens (tertiary/aromatic N) is 1. The second kappa shape index (κ2) is 5.90. The van der Waals surface area contributed by atoms with Crippen molar-refractivity contribution >= 4 is 17.3 Å². The number of pyridine rings is 1. The van der Waals surface area contributed by atoms with Crippen LogP contribution in [-0.4, -0.2) is 11.6 Å². The van der Waals surface area contributed by atoms with E-state index in [-0.39, 0.29) is 11.6 Å². The monoisotopic (exact) mass is 297 g/mol. The van der Waals surface area contributed by atoms with Gasteiger partial charge in [-0.3, -0.25) is 0 Å². The summed E-state index contributed by atoms with van der Waals surface area (Å²) in [5.74, 6) is 0.518. The van der Waals surface area contributed by atoms with E-state index in [9.17, 15) is 13.2 Å². The zero-order chi connectivity index (χ0) is 15.5. The van der Waals surface area contributed by atoms with Gasteiger partial charge in [0.05, 0.1) is 12.2 Å². The summed E-state index contributed by atoms with van der Waals surface area (Å²) >= 11 is 0. The number of ether oxygens (including phenoxy) is 1. The third-order valence-corrected chi connectivity index (χ3v) is 2.61. The zero-order valence-corrected chi connectivity index (χ0v) is 11.2. The van der Waals surface area contributed by atoms with Crippen LogP contribution in [0.25, 0.3) is 0 Å². The van der Waals surface area contributed by atoms with Gasteiger partial charge in [-0.25, -0.2) is 4.98 Å². The summed E-state index contributed by atoms with van der Waals surface area (Å²) in [5.41, 5.74) is 5.15. The van der Waals surface area contributed by atoms with Gasteiger partial charge in [0.15, 0.2) is 0 Å². The van der Waals surface area contributed by atoms with E-state index >= 15 is 0 Å². The van der Waals surface area contributed by atoms with Crippen LogP contribution < -0.4 is 15.8 Å².